The van der Waals surface area contributed by atoms with Gasteiger partial charge in [-0.15, -0.1) is 0 Å². The molecule has 2 aliphatic rings. The Labute approximate surface area is 223 Å². The predicted octanol–water partition coefficient (Wildman–Crippen LogP) is 2.05. The number of alkyl halides is 6. The fraction of sp³-hybridized carbons (Fsp3) is 0.609. The molecule has 0 aliphatic carbocycles. The molecule has 0 bridgehead atoms. The standard InChI is InChI=1S/C23H27F6N7O4/c1-12(37)16(33-15-10-32-34-19(38)18(15)23(27,28)29)11-40-17-4-7-36(20(17)39)14-2-5-35(6-3-14)21-30-8-13(9-31-21)22(24,25)26/h8-10,12,14,16-17,37H,2-7,11H2,1H3,(H2,33,34,38)/t12-,16-,17?/m1/s1. The van der Waals surface area contributed by atoms with E-state index >= 15 is 0 Å². The first kappa shape index (κ1) is 29.5. The van der Waals surface area contributed by atoms with Crippen LogP contribution in [-0.4, -0.2) is 86.6 Å². The van der Waals surface area contributed by atoms with E-state index in [1.807, 2.05) is 0 Å². The third kappa shape index (κ3) is 6.63. The first-order valence-electron chi connectivity index (χ1n) is 12.4. The quantitative estimate of drug-likeness (QED) is 0.402. The van der Waals surface area contributed by atoms with Crippen molar-refractivity contribution in [3.05, 3.63) is 40.1 Å². The lowest BCUT2D eigenvalue weighted by Gasteiger charge is -2.36. The summed E-state index contributed by atoms with van der Waals surface area (Å²) in [6, 6.07) is -1.23. The third-order valence-corrected chi connectivity index (χ3v) is 6.88. The molecule has 4 heterocycles. The van der Waals surface area contributed by atoms with E-state index in [1.54, 1.807) is 14.9 Å². The predicted molar refractivity (Wildman–Crippen MR) is 127 cm³/mol. The zero-order valence-corrected chi connectivity index (χ0v) is 21.2. The van der Waals surface area contributed by atoms with Crippen LogP contribution in [0.1, 0.15) is 37.3 Å². The number of ether oxygens (including phenoxy) is 1. The summed E-state index contributed by atoms with van der Waals surface area (Å²) in [4.78, 5) is 35.8. The molecule has 3 atom stereocenters. The lowest BCUT2D eigenvalue weighted by molar-refractivity contribution is -0.140. The molecule has 0 spiro atoms. The fourth-order valence-corrected chi connectivity index (χ4v) is 4.71. The minimum atomic E-state index is -4.97. The number of aliphatic hydroxyl groups is 1. The molecule has 17 heteroatoms. The van der Waals surface area contributed by atoms with Gasteiger partial charge in [0.1, 0.15) is 11.7 Å². The van der Waals surface area contributed by atoms with Crippen molar-refractivity contribution in [1.82, 2.24) is 25.1 Å². The smallest absolute Gasteiger partial charge is 0.391 e. The van der Waals surface area contributed by atoms with Gasteiger partial charge in [0.25, 0.3) is 11.5 Å². The van der Waals surface area contributed by atoms with Crippen molar-refractivity contribution in [1.29, 1.82) is 0 Å². The van der Waals surface area contributed by atoms with Crippen molar-refractivity contribution >= 4 is 17.5 Å². The molecule has 0 radical (unpaired) electrons. The number of H-pyrrole nitrogens is 1. The number of nitrogens with one attached hydrogen (secondary N) is 2. The minimum absolute atomic E-state index is 0.144. The number of amides is 1. The van der Waals surface area contributed by atoms with Gasteiger partial charge in [-0.05, 0) is 19.8 Å². The van der Waals surface area contributed by atoms with Gasteiger partial charge in [-0.1, -0.05) is 0 Å². The highest BCUT2D eigenvalue weighted by atomic mass is 19.4. The number of aromatic amines is 1. The highest BCUT2D eigenvalue weighted by molar-refractivity contribution is 5.83. The number of anilines is 2. The van der Waals surface area contributed by atoms with Crippen LogP contribution < -0.4 is 15.8 Å². The van der Waals surface area contributed by atoms with E-state index in [-0.39, 0.29) is 24.5 Å². The molecule has 220 valence electrons. The van der Waals surface area contributed by atoms with E-state index in [2.05, 4.69) is 20.4 Å². The summed E-state index contributed by atoms with van der Waals surface area (Å²) in [5.41, 5.74) is -4.51. The molecular formula is C23H27F6N7O4. The number of aliphatic hydroxyl groups excluding tert-OH is 1. The van der Waals surface area contributed by atoms with Gasteiger partial charge < -0.3 is 25.0 Å². The monoisotopic (exact) mass is 579 g/mol. The van der Waals surface area contributed by atoms with Crippen LogP contribution in [0.3, 0.4) is 0 Å². The maximum atomic E-state index is 13.4. The van der Waals surface area contributed by atoms with Crippen molar-refractivity contribution in [2.24, 2.45) is 0 Å². The van der Waals surface area contributed by atoms with Gasteiger partial charge in [-0.25, -0.2) is 15.1 Å². The second-order valence-electron chi connectivity index (χ2n) is 9.61. The number of carbonyl (C=O) groups is 1. The molecule has 1 amide bonds. The van der Waals surface area contributed by atoms with Crippen LogP contribution in [-0.2, 0) is 21.9 Å². The van der Waals surface area contributed by atoms with Crippen molar-refractivity contribution < 1.29 is 41.0 Å². The molecule has 40 heavy (non-hydrogen) atoms. The van der Waals surface area contributed by atoms with Gasteiger partial charge in [0.2, 0.25) is 5.95 Å². The average Bonchev–Trinajstić information content (AvgIpc) is 3.25. The number of hydrogen-bond donors (Lipinski definition) is 3. The van der Waals surface area contributed by atoms with Gasteiger partial charge in [0.05, 0.1) is 36.2 Å². The van der Waals surface area contributed by atoms with Crippen molar-refractivity contribution in [2.75, 3.05) is 36.5 Å². The van der Waals surface area contributed by atoms with Gasteiger partial charge >= 0.3 is 12.4 Å². The zero-order chi connectivity index (χ0) is 29.2. The highest BCUT2D eigenvalue weighted by Gasteiger charge is 2.40. The van der Waals surface area contributed by atoms with E-state index in [4.69, 9.17) is 4.74 Å². The number of rotatable bonds is 8. The van der Waals surface area contributed by atoms with E-state index < -0.39 is 53.0 Å². The summed E-state index contributed by atoms with van der Waals surface area (Å²) in [5.74, 6) is -0.135. The van der Waals surface area contributed by atoms with Crippen molar-refractivity contribution in [2.45, 2.75) is 62.8 Å². The molecule has 0 saturated carbocycles. The Bertz CT molecular complexity index is 1230. The Hall–Kier alpha value is -3.47. The Kier molecular flexibility index (Phi) is 8.53. The Morgan fingerprint density at radius 2 is 1.70 bits per heavy atom. The second-order valence-corrected chi connectivity index (χ2v) is 9.61. The van der Waals surface area contributed by atoms with Crippen LogP contribution in [0.15, 0.2) is 23.4 Å². The Morgan fingerprint density at radius 3 is 2.27 bits per heavy atom. The average molecular weight is 580 g/mol. The molecule has 2 fully saturated rings. The van der Waals surface area contributed by atoms with Crippen LogP contribution >= 0.6 is 0 Å². The molecule has 3 N–H and O–H groups in total. The molecule has 1 unspecified atom stereocenters. The largest absolute Gasteiger partial charge is 0.423 e. The summed E-state index contributed by atoms with van der Waals surface area (Å²) in [7, 11) is 0. The maximum Gasteiger partial charge on any atom is 0.423 e. The van der Waals surface area contributed by atoms with Crippen LogP contribution in [0, 0.1) is 0 Å². The molecule has 2 aliphatic heterocycles. The summed E-state index contributed by atoms with van der Waals surface area (Å²) in [6.45, 7) is 2.23. The van der Waals surface area contributed by atoms with Crippen molar-refractivity contribution in [3.8, 4) is 0 Å². The zero-order valence-electron chi connectivity index (χ0n) is 21.2. The summed E-state index contributed by atoms with van der Waals surface area (Å²) in [6.07, 6.45) is -7.97. The number of carbonyl (C=O) groups excluding carboxylic acids is 1. The normalized spacial score (nSPS) is 20.6. The molecule has 2 saturated heterocycles. The Morgan fingerprint density at radius 1 is 1.05 bits per heavy atom. The number of aromatic nitrogens is 4. The van der Waals surface area contributed by atoms with Gasteiger partial charge in [-0.2, -0.15) is 31.4 Å². The topological polar surface area (TPSA) is 137 Å². The minimum Gasteiger partial charge on any atom is -0.391 e. The molecule has 0 aromatic carbocycles. The van der Waals surface area contributed by atoms with Crippen molar-refractivity contribution in [3.63, 3.8) is 0 Å². The molecular weight excluding hydrogens is 552 g/mol. The van der Waals surface area contributed by atoms with Crippen LogP contribution in [0.25, 0.3) is 0 Å². The fourth-order valence-electron chi connectivity index (χ4n) is 4.71. The number of halogens is 6. The highest BCUT2D eigenvalue weighted by Crippen LogP contribution is 2.32. The molecule has 2 aromatic heterocycles. The lowest BCUT2D eigenvalue weighted by Crippen LogP contribution is -2.47. The van der Waals surface area contributed by atoms with Crippen LogP contribution in [0.4, 0.5) is 38.0 Å². The first-order chi connectivity index (χ1) is 18.8. The van der Waals surface area contributed by atoms with Crippen LogP contribution in [0.2, 0.25) is 0 Å². The number of hydrogen-bond acceptors (Lipinski definition) is 9. The molecule has 2 aromatic rings. The first-order valence-corrected chi connectivity index (χ1v) is 12.4. The summed E-state index contributed by atoms with van der Waals surface area (Å²) < 4.78 is 84.0. The second kappa shape index (κ2) is 11.6. The maximum absolute atomic E-state index is 13.4. The third-order valence-electron chi connectivity index (χ3n) is 6.88. The summed E-state index contributed by atoms with van der Waals surface area (Å²) >= 11 is 0. The van der Waals surface area contributed by atoms with Gasteiger partial charge in [-0.3, -0.25) is 9.59 Å². The molecule has 4 rings (SSSR count). The van der Waals surface area contributed by atoms with Gasteiger partial charge in [0, 0.05) is 44.5 Å². The molecule has 11 nitrogen and oxygen atoms in total. The number of piperidine rings is 1. The lowest BCUT2D eigenvalue weighted by atomic mass is 10.0. The summed E-state index contributed by atoms with van der Waals surface area (Å²) in [5, 5.41) is 17.7. The van der Waals surface area contributed by atoms with Crippen LogP contribution in [0.5, 0.6) is 0 Å². The number of likely N-dealkylation sites (tertiary alicyclic amines) is 1. The number of nitrogens with zero attached hydrogens (tertiary/aromatic N) is 5. The SMILES string of the molecule is C[C@@H](O)[C@@H](COC1CCN(C2CCN(c3ncc(C(F)(F)F)cn3)CC2)C1=O)Nc1cn[nH]c(=O)c1C(F)(F)F. The van der Waals surface area contributed by atoms with E-state index in [0.717, 1.165) is 18.6 Å². The van der Waals surface area contributed by atoms with Gasteiger partial charge in [0.15, 0.2) is 0 Å². The van der Waals surface area contributed by atoms with E-state index in [1.165, 1.54) is 6.92 Å². The van der Waals surface area contributed by atoms with E-state index in [0.29, 0.717) is 38.9 Å². The van der Waals surface area contributed by atoms with E-state index in [9.17, 15) is 41.0 Å². The Balaban J connectivity index is 1.32.